The van der Waals surface area contributed by atoms with E-state index < -0.39 is 0 Å². The molecule has 2 atom stereocenters. The molecule has 0 radical (unpaired) electrons. The number of carbonyl (C=O) groups excluding carboxylic acids is 1. The van der Waals surface area contributed by atoms with Crippen molar-refractivity contribution in [2.45, 2.75) is 71.1 Å². The summed E-state index contributed by atoms with van der Waals surface area (Å²) in [5, 5.41) is 9.85. The number of ether oxygens (including phenoxy) is 1. The summed E-state index contributed by atoms with van der Waals surface area (Å²) in [6.07, 6.45) is 5.71. The third-order valence-electron chi connectivity index (χ3n) is 6.10. The second-order valence-corrected chi connectivity index (χ2v) is 8.41. The lowest BCUT2D eigenvalue weighted by atomic mass is 9.64. The number of likely N-dealkylation sites (tertiary alicyclic amines) is 1. The normalized spacial score (nSPS) is 25.4. The molecule has 3 N–H and O–H groups in total. The van der Waals surface area contributed by atoms with Crippen LogP contribution in [0.4, 0.5) is 0 Å². The van der Waals surface area contributed by atoms with Gasteiger partial charge in [0.25, 0.3) is 0 Å². The lowest BCUT2D eigenvalue weighted by molar-refractivity contribution is -0.122. The van der Waals surface area contributed by atoms with Crippen LogP contribution >= 0.6 is 24.0 Å². The van der Waals surface area contributed by atoms with Crippen LogP contribution in [-0.4, -0.2) is 75.3 Å². The van der Waals surface area contributed by atoms with Crippen LogP contribution in [0.5, 0.6) is 0 Å². The molecule has 1 saturated heterocycles. The van der Waals surface area contributed by atoms with E-state index in [0.29, 0.717) is 24.7 Å². The van der Waals surface area contributed by atoms with Crippen molar-refractivity contribution in [1.82, 2.24) is 20.9 Å². The Kier molecular flexibility index (Phi) is 11.1. The van der Waals surface area contributed by atoms with Crippen LogP contribution in [0.15, 0.2) is 4.99 Å². The first kappa shape index (κ1) is 25.4. The minimum atomic E-state index is 0. The van der Waals surface area contributed by atoms with E-state index in [4.69, 9.17) is 4.74 Å². The Morgan fingerprint density at radius 3 is 2.46 bits per heavy atom. The number of halogens is 1. The number of aliphatic imine (C=N–C) groups is 1. The zero-order valence-electron chi connectivity index (χ0n) is 18.2. The summed E-state index contributed by atoms with van der Waals surface area (Å²) in [6.45, 7) is 9.96. The Morgan fingerprint density at radius 2 is 1.93 bits per heavy atom. The van der Waals surface area contributed by atoms with Crippen molar-refractivity contribution in [3.63, 3.8) is 0 Å². The van der Waals surface area contributed by atoms with Crippen LogP contribution in [0, 0.1) is 5.41 Å². The van der Waals surface area contributed by atoms with Gasteiger partial charge in [-0.1, -0.05) is 27.2 Å². The number of rotatable bonds is 8. The average molecular weight is 509 g/mol. The standard InChI is InChI=1S/C20H39N5O2.HI/c1-6-7-12-27-17-13-16(20(17,2)3)24-19(22-5)23-15-8-10-25(11-9-15)14-18(26)21-4;/h15-17H,6-14H2,1-5H3,(H,21,26)(H2,22,23,24);1H. The van der Waals surface area contributed by atoms with Gasteiger partial charge in [0.05, 0.1) is 12.6 Å². The lowest BCUT2D eigenvalue weighted by Crippen LogP contribution is -2.64. The predicted octanol–water partition coefficient (Wildman–Crippen LogP) is 1.96. The zero-order valence-corrected chi connectivity index (χ0v) is 20.5. The van der Waals surface area contributed by atoms with Gasteiger partial charge in [0, 0.05) is 51.3 Å². The van der Waals surface area contributed by atoms with Gasteiger partial charge in [-0.25, -0.2) is 0 Å². The number of nitrogens with one attached hydrogen (secondary N) is 3. The minimum absolute atomic E-state index is 0. The second kappa shape index (κ2) is 12.2. The molecule has 2 unspecified atom stereocenters. The molecule has 1 saturated carbocycles. The van der Waals surface area contributed by atoms with Gasteiger partial charge < -0.3 is 20.7 Å². The van der Waals surface area contributed by atoms with E-state index in [0.717, 1.165) is 51.3 Å². The van der Waals surface area contributed by atoms with E-state index in [1.54, 1.807) is 7.05 Å². The highest BCUT2D eigenvalue weighted by Crippen LogP contribution is 2.42. The van der Waals surface area contributed by atoms with Crippen molar-refractivity contribution in [1.29, 1.82) is 0 Å². The second-order valence-electron chi connectivity index (χ2n) is 8.41. The van der Waals surface area contributed by atoms with Gasteiger partial charge in [-0.3, -0.25) is 14.7 Å². The van der Waals surface area contributed by atoms with E-state index in [9.17, 15) is 4.79 Å². The van der Waals surface area contributed by atoms with E-state index in [2.05, 4.69) is 46.6 Å². The van der Waals surface area contributed by atoms with Gasteiger partial charge >= 0.3 is 0 Å². The molecule has 1 amide bonds. The number of unbranched alkanes of at least 4 members (excludes halogenated alkanes) is 1. The lowest BCUT2D eigenvalue weighted by Gasteiger charge is -2.52. The highest BCUT2D eigenvalue weighted by atomic mass is 127. The average Bonchev–Trinajstić information content (AvgIpc) is 2.67. The molecular weight excluding hydrogens is 469 g/mol. The maximum absolute atomic E-state index is 11.5. The van der Waals surface area contributed by atoms with Crippen molar-refractivity contribution in [3.05, 3.63) is 0 Å². The summed E-state index contributed by atoms with van der Waals surface area (Å²) in [6, 6.07) is 0.778. The number of guanidine groups is 1. The molecule has 0 aromatic rings. The van der Waals surface area contributed by atoms with Crippen molar-refractivity contribution in [2.75, 3.05) is 40.3 Å². The van der Waals surface area contributed by atoms with E-state index >= 15 is 0 Å². The summed E-state index contributed by atoms with van der Waals surface area (Å²) in [5.74, 6) is 0.964. The Bertz CT molecular complexity index is 507. The number of hydrogen-bond acceptors (Lipinski definition) is 4. The Morgan fingerprint density at radius 1 is 1.25 bits per heavy atom. The highest BCUT2D eigenvalue weighted by Gasteiger charge is 2.49. The molecule has 7 nitrogen and oxygen atoms in total. The summed E-state index contributed by atoms with van der Waals surface area (Å²) in [5.41, 5.74) is 0.113. The minimum Gasteiger partial charge on any atom is -0.378 e. The molecule has 0 aromatic carbocycles. The highest BCUT2D eigenvalue weighted by molar-refractivity contribution is 14.0. The van der Waals surface area contributed by atoms with E-state index in [1.165, 1.54) is 6.42 Å². The van der Waals surface area contributed by atoms with Crippen LogP contribution < -0.4 is 16.0 Å². The van der Waals surface area contributed by atoms with Gasteiger partial charge in [0.2, 0.25) is 5.91 Å². The Balaban J connectivity index is 0.00000392. The molecule has 1 heterocycles. The largest absolute Gasteiger partial charge is 0.378 e. The molecule has 0 bridgehead atoms. The number of piperidine rings is 1. The van der Waals surface area contributed by atoms with Crippen molar-refractivity contribution < 1.29 is 9.53 Å². The first-order valence-electron chi connectivity index (χ1n) is 10.4. The zero-order chi connectivity index (χ0) is 19.9. The SMILES string of the molecule is CCCCOC1CC(NC(=NC)NC2CCN(CC(=O)NC)CC2)C1(C)C.I. The van der Waals surface area contributed by atoms with Crippen molar-refractivity contribution in [3.8, 4) is 0 Å². The fourth-order valence-corrected chi connectivity index (χ4v) is 3.83. The maximum atomic E-state index is 11.5. The van der Waals surface area contributed by atoms with Gasteiger partial charge in [-0.2, -0.15) is 0 Å². The summed E-state index contributed by atoms with van der Waals surface area (Å²) in [4.78, 5) is 18.1. The molecular formula is C20H40IN5O2. The van der Waals surface area contributed by atoms with E-state index in [1.807, 2.05) is 7.05 Å². The van der Waals surface area contributed by atoms with Gasteiger partial charge in [0.1, 0.15) is 0 Å². The van der Waals surface area contributed by atoms with Gasteiger partial charge in [-0.05, 0) is 25.7 Å². The van der Waals surface area contributed by atoms with Gasteiger partial charge in [-0.15, -0.1) is 24.0 Å². The number of carbonyl (C=O) groups is 1. The van der Waals surface area contributed by atoms with Crippen LogP contribution in [0.1, 0.15) is 52.9 Å². The quantitative estimate of drug-likeness (QED) is 0.202. The molecule has 1 aliphatic heterocycles. The fourth-order valence-electron chi connectivity index (χ4n) is 3.83. The topological polar surface area (TPSA) is 78.0 Å². The fraction of sp³-hybridized carbons (Fsp3) is 0.900. The molecule has 0 spiro atoms. The summed E-state index contributed by atoms with van der Waals surface area (Å²) < 4.78 is 6.04. The van der Waals surface area contributed by atoms with Crippen LogP contribution in [-0.2, 0) is 9.53 Å². The van der Waals surface area contributed by atoms with E-state index in [-0.39, 0.29) is 35.3 Å². The monoisotopic (exact) mass is 509 g/mol. The van der Waals surface area contributed by atoms with Crippen molar-refractivity contribution in [2.24, 2.45) is 10.4 Å². The first-order chi connectivity index (χ1) is 12.9. The smallest absolute Gasteiger partial charge is 0.233 e. The van der Waals surface area contributed by atoms with Crippen molar-refractivity contribution >= 4 is 35.8 Å². The summed E-state index contributed by atoms with van der Waals surface area (Å²) in [7, 11) is 3.52. The summed E-state index contributed by atoms with van der Waals surface area (Å²) >= 11 is 0. The number of likely N-dealkylation sites (N-methyl/N-ethyl adjacent to an activating group) is 1. The third kappa shape index (κ3) is 7.02. The Hall–Kier alpha value is -0.610. The molecule has 2 aliphatic rings. The molecule has 28 heavy (non-hydrogen) atoms. The third-order valence-corrected chi connectivity index (χ3v) is 6.10. The molecule has 2 fully saturated rings. The van der Waals surface area contributed by atoms with Crippen LogP contribution in [0.25, 0.3) is 0 Å². The molecule has 8 heteroatoms. The Labute approximate surface area is 187 Å². The molecule has 164 valence electrons. The number of nitrogens with zero attached hydrogens (tertiary/aromatic N) is 2. The molecule has 2 rings (SSSR count). The molecule has 0 aromatic heterocycles. The van der Waals surface area contributed by atoms with Crippen LogP contribution in [0.3, 0.4) is 0 Å². The number of amides is 1. The maximum Gasteiger partial charge on any atom is 0.233 e. The first-order valence-corrected chi connectivity index (χ1v) is 10.4. The van der Waals surface area contributed by atoms with Gasteiger partial charge in [0.15, 0.2) is 5.96 Å². The predicted molar refractivity (Wildman–Crippen MR) is 125 cm³/mol. The van der Waals surface area contributed by atoms with Crippen LogP contribution in [0.2, 0.25) is 0 Å². The molecule has 1 aliphatic carbocycles. The number of hydrogen-bond donors (Lipinski definition) is 3.